The number of rotatable bonds is 4. The predicted octanol–water partition coefficient (Wildman–Crippen LogP) is 4.49. The number of hydrogen-bond donors (Lipinski definition) is 1. The highest BCUT2D eigenvalue weighted by Crippen LogP contribution is 2.32. The highest BCUT2D eigenvalue weighted by Gasteiger charge is 2.26. The van der Waals surface area contributed by atoms with Crippen LogP contribution < -0.4 is 10.2 Å². The van der Waals surface area contributed by atoms with Gasteiger partial charge in [-0.05, 0) is 44.9 Å². The standard InChI is InChI=1S/C15H21Cl2FN2/c1-3-5-19-11-4-6-20(10(2)7-11)12-8-13(16)15(18)14(17)9-12/h8-11,19H,3-7H2,1-2H3. The topological polar surface area (TPSA) is 15.3 Å². The molecule has 1 heterocycles. The molecule has 0 saturated carbocycles. The van der Waals surface area contributed by atoms with Crippen molar-refractivity contribution in [3.05, 3.63) is 28.0 Å². The van der Waals surface area contributed by atoms with Crippen molar-refractivity contribution >= 4 is 28.9 Å². The molecule has 2 atom stereocenters. The van der Waals surface area contributed by atoms with Crippen molar-refractivity contribution in [2.75, 3.05) is 18.0 Å². The van der Waals surface area contributed by atoms with Gasteiger partial charge in [-0.25, -0.2) is 4.39 Å². The Morgan fingerprint density at radius 3 is 2.55 bits per heavy atom. The largest absolute Gasteiger partial charge is 0.369 e. The lowest BCUT2D eigenvalue weighted by Crippen LogP contribution is -2.47. The van der Waals surface area contributed by atoms with Gasteiger partial charge < -0.3 is 10.2 Å². The molecule has 0 aromatic heterocycles. The predicted molar refractivity (Wildman–Crippen MR) is 84.5 cm³/mol. The van der Waals surface area contributed by atoms with Gasteiger partial charge in [0.1, 0.15) is 0 Å². The molecule has 0 radical (unpaired) electrons. The minimum atomic E-state index is -0.538. The summed E-state index contributed by atoms with van der Waals surface area (Å²) in [4.78, 5) is 2.25. The Kier molecular flexibility index (Phi) is 5.53. The monoisotopic (exact) mass is 318 g/mol. The molecule has 1 fully saturated rings. The maximum absolute atomic E-state index is 13.5. The lowest BCUT2D eigenvalue weighted by molar-refractivity contribution is 0.369. The van der Waals surface area contributed by atoms with Crippen LogP contribution in [-0.2, 0) is 0 Å². The van der Waals surface area contributed by atoms with Crippen LogP contribution in [0.5, 0.6) is 0 Å². The van der Waals surface area contributed by atoms with Crippen LogP contribution in [0.25, 0.3) is 0 Å². The lowest BCUT2D eigenvalue weighted by atomic mass is 9.97. The Labute approximate surface area is 130 Å². The van der Waals surface area contributed by atoms with E-state index < -0.39 is 5.82 Å². The van der Waals surface area contributed by atoms with Crippen molar-refractivity contribution in [2.45, 2.75) is 45.2 Å². The van der Waals surface area contributed by atoms with E-state index in [1.54, 1.807) is 12.1 Å². The van der Waals surface area contributed by atoms with Crippen LogP contribution in [0.3, 0.4) is 0 Å². The number of nitrogens with one attached hydrogen (secondary N) is 1. The molecule has 1 aliphatic heterocycles. The molecule has 0 spiro atoms. The van der Waals surface area contributed by atoms with E-state index >= 15 is 0 Å². The average Bonchev–Trinajstić information content (AvgIpc) is 2.42. The summed E-state index contributed by atoms with van der Waals surface area (Å²) in [6.45, 7) is 6.35. The third-order valence-electron chi connectivity index (χ3n) is 3.86. The maximum Gasteiger partial charge on any atom is 0.160 e. The summed E-state index contributed by atoms with van der Waals surface area (Å²) in [6.07, 6.45) is 3.31. The normalized spacial score (nSPS) is 23.1. The summed E-state index contributed by atoms with van der Waals surface area (Å²) in [5.41, 5.74) is 0.905. The van der Waals surface area contributed by atoms with E-state index in [9.17, 15) is 4.39 Å². The van der Waals surface area contributed by atoms with Gasteiger partial charge in [-0.3, -0.25) is 0 Å². The maximum atomic E-state index is 13.5. The second kappa shape index (κ2) is 6.97. The molecule has 112 valence electrons. The third-order valence-corrected chi connectivity index (χ3v) is 4.41. The van der Waals surface area contributed by atoms with E-state index in [0.29, 0.717) is 12.1 Å². The highest BCUT2D eigenvalue weighted by molar-refractivity contribution is 6.35. The van der Waals surface area contributed by atoms with Gasteiger partial charge in [0.25, 0.3) is 0 Å². The molecule has 1 aromatic carbocycles. The minimum Gasteiger partial charge on any atom is -0.369 e. The van der Waals surface area contributed by atoms with Crippen LogP contribution in [0.2, 0.25) is 10.0 Å². The Morgan fingerprint density at radius 1 is 1.35 bits per heavy atom. The fourth-order valence-electron chi connectivity index (χ4n) is 2.80. The summed E-state index contributed by atoms with van der Waals surface area (Å²) < 4.78 is 13.5. The molecule has 0 amide bonds. The number of nitrogens with zero attached hydrogens (tertiary/aromatic N) is 1. The van der Waals surface area contributed by atoms with Gasteiger partial charge in [0.05, 0.1) is 10.0 Å². The van der Waals surface area contributed by atoms with E-state index in [1.165, 1.54) is 0 Å². The first-order valence-corrected chi connectivity index (χ1v) is 7.93. The molecule has 1 N–H and O–H groups in total. The molecular weight excluding hydrogens is 298 g/mol. The van der Waals surface area contributed by atoms with Gasteiger partial charge >= 0.3 is 0 Å². The molecule has 1 saturated heterocycles. The molecule has 1 aromatic rings. The smallest absolute Gasteiger partial charge is 0.160 e. The van der Waals surface area contributed by atoms with E-state index in [-0.39, 0.29) is 10.0 Å². The summed E-state index contributed by atoms with van der Waals surface area (Å²) in [7, 11) is 0. The van der Waals surface area contributed by atoms with Crippen LogP contribution in [0.4, 0.5) is 10.1 Å². The van der Waals surface area contributed by atoms with Crippen molar-refractivity contribution in [1.29, 1.82) is 0 Å². The molecule has 20 heavy (non-hydrogen) atoms. The van der Waals surface area contributed by atoms with Gasteiger partial charge in [0.15, 0.2) is 5.82 Å². The van der Waals surface area contributed by atoms with E-state index in [1.807, 2.05) is 0 Å². The zero-order chi connectivity index (χ0) is 14.7. The van der Waals surface area contributed by atoms with Gasteiger partial charge in [-0.1, -0.05) is 30.1 Å². The Hall–Kier alpha value is -0.510. The van der Waals surface area contributed by atoms with Crippen molar-refractivity contribution in [1.82, 2.24) is 5.32 Å². The van der Waals surface area contributed by atoms with Crippen molar-refractivity contribution in [3.63, 3.8) is 0 Å². The number of halogens is 3. The van der Waals surface area contributed by atoms with Crippen LogP contribution in [0.1, 0.15) is 33.1 Å². The van der Waals surface area contributed by atoms with Crippen molar-refractivity contribution < 1.29 is 4.39 Å². The van der Waals surface area contributed by atoms with Gasteiger partial charge in [0.2, 0.25) is 0 Å². The van der Waals surface area contributed by atoms with Crippen LogP contribution in [-0.4, -0.2) is 25.2 Å². The highest BCUT2D eigenvalue weighted by atomic mass is 35.5. The fourth-order valence-corrected chi connectivity index (χ4v) is 3.27. The molecule has 1 aliphatic rings. The van der Waals surface area contributed by atoms with Crippen LogP contribution >= 0.6 is 23.2 Å². The van der Waals surface area contributed by atoms with E-state index in [2.05, 4.69) is 24.1 Å². The van der Waals surface area contributed by atoms with Crippen LogP contribution in [0, 0.1) is 5.82 Å². The first-order valence-electron chi connectivity index (χ1n) is 7.17. The number of anilines is 1. The van der Waals surface area contributed by atoms with Crippen LogP contribution in [0.15, 0.2) is 12.1 Å². The zero-order valence-corrected chi connectivity index (χ0v) is 13.4. The molecule has 0 bridgehead atoms. The van der Waals surface area contributed by atoms with Crippen molar-refractivity contribution in [2.24, 2.45) is 0 Å². The quantitative estimate of drug-likeness (QED) is 0.823. The number of hydrogen-bond acceptors (Lipinski definition) is 2. The van der Waals surface area contributed by atoms with E-state index in [4.69, 9.17) is 23.2 Å². The van der Waals surface area contributed by atoms with E-state index in [0.717, 1.165) is 38.0 Å². The Morgan fingerprint density at radius 2 is 2.00 bits per heavy atom. The molecular formula is C15H21Cl2FN2. The molecule has 2 unspecified atom stereocenters. The number of benzene rings is 1. The zero-order valence-electron chi connectivity index (χ0n) is 11.9. The molecule has 2 nitrogen and oxygen atoms in total. The van der Waals surface area contributed by atoms with Crippen molar-refractivity contribution in [3.8, 4) is 0 Å². The van der Waals surface area contributed by atoms with Gasteiger partial charge in [-0.2, -0.15) is 0 Å². The first kappa shape index (κ1) is 15.9. The number of piperidine rings is 1. The summed E-state index contributed by atoms with van der Waals surface area (Å²) in [5.74, 6) is -0.538. The molecule has 5 heteroatoms. The first-order chi connectivity index (χ1) is 9.52. The second-order valence-electron chi connectivity index (χ2n) is 5.44. The third kappa shape index (κ3) is 3.57. The Bertz CT molecular complexity index is 444. The van der Waals surface area contributed by atoms with Gasteiger partial charge in [-0.15, -0.1) is 0 Å². The summed E-state index contributed by atoms with van der Waals surface area (Å²) in [5, 5.41) is 3.74. The minimum absolute atomic E-state index is 0.0888. The lowest BCUT2D eigenvalue weighted by Gasteiger charge is -2.39. The summed E-state index contributed by atoms with van der Waals surface area (Å²) >= 11 is 11.8. The Balaban J connectivity index is 2.07. The average molecular weight is 319 g/mol. The SMILES string of the molecule is CCCNC1CCN(c2cc(Cl)c(F)c(Cl)c2)C(C)C1. The fraction of sp³-hybridized carbons (Fsp3) is 0.600. The second-order valence-corrected chi connectivity index (χ2v) is 6.26. The molecule has 0 aliphatic carbocycles. The van der Waals surface area contributed by atoms with Gasteiger partial charge in [0, 0.05) is 24.3 Å². The summed E-state index contributed by atoms with van der Waals surface area (Å²) in [6, 6.07) is 4.28. The molecule has 2 rings (SSSR count).